The first-order chi connectivity index (χ1) is 17.1. The monoisotopic (exact) mass is 504 g/mol. The van der Waals surface area contributed by atoms with Crippen LogP contribution in [0.1, 0.15) is 16.1 Å². The Balaban J connectivity index is 1.85. The summed E-state index contributed by atoms with van der Waals surface area (Å²) in [7, 11) is 2.60. The topological polar surface area (TPSA) is 124 Å². The Bertz CT molecular complexity index is 1440. The van der Waals surface area contributed by atoms with Crippen LogP contribution in [-0.4, -0.2) is 50.0 Å². The molecule has 0 unspecified atom stereocenters. The number of nitrogens with zero attached hydrogens (tertiary/aromatic N) is 5. The van der Waals surface area contributed by atoms with E-state index in [2.05, 4.69) is 25.4 Å². The van der Waals surface area contributed by atoms with Gasteiger partial charge in [-0.2, -0.15) is 23.3 Å². The van der Waals surface area contributed by atoms with Crippen molar-refractivity contribution in [2.24, 2.45) is 0 Å². The van der Waals surface area contributed by atoms with Crippen molar-refractivity contribution in [2.45, 2.75) is 6.18 Å². The molecule has 4 aromatic rings. The second kappa shape index (κ2) is 9.48. The van der Waals surface area contributed by atoms with Gasteiger partial charge in [0.2, 0.25) is 11.8 Å². The van der Waals surface area contributed by atoms with Crippen LogP contribution in [0.2, 0.25) is 0 Å². The van der Waals surface area contributed by atoms with Crippen molar-refractivity contribution in [3.8, 4) is 28.6 Å². The van der Waals surface area contributed by atoms with Gasteiger partial charge in [-0.25, -0.2) is 23.8 Å². The molecular formula is C22H16F4N6O4. The van der Waals surface area contributed by atoms with Gasteiger partial charge >= 0.3 is 12.1 Å². The number of hydrogen-bond donors (Lipinski definition) is 2. The highest BCUT2D eigenvalue weighted by molar-refractivity contribution is 5.92. The number of alkyl halides is 3. The molecule has 36 heavy (non-hydrogen) atoms. The summed E-state index contributed by atoms with van der Waals surface area (Å²) < 4.78 is 64.3. The third-order valence-electron chi connectivity index (χ3n) is 4.81. The number of carboxylic acids is 1. The Morgan fingerprint density at radius 2 is 1.86 bits per heavy atom. The molecule has 0 fully saturated rings. The summed E-state index contributed by atoms with van der Waals surface area (Å²) in [6.07, 6.45) is -1.17. The third-order valence-corrected chi connectivity index (χ3v) is 4.81. The van der Waals surface area contributed by atoms with E-state index in [0.717, 1.165) is 29.1 Å². The van der Waals surface area contributed by atoms with Crippen LogP contribution in [-0.2, 0) is 6.18 Å². The number of rotatable bonds is 7. The smallest absolute Gasteiger partial charge is 0.435 e. The van der Waals surface area contributed by atoms with Gasteiger partial charge in [0.25, 0.3) is 0 Å². The number of hydrogen-bond acceptors (Lipinski definition) is 8. The van der Waals surface area contributed by atoms with E-state index in [1.807, 2.05) is 0 Å². The number of ether oxygens (including phenoxy) is 2. The minimum absolute atomic E-state index is 0.106. The second-order valence-corrected chi connectivity index (χ2v) is 7.16. The lowest BCUT2D eigenvalue weighted by Crippen LogP contribution is -2.10. The van der Waals surface area contributed by atoms with Crippen LogP contribution in [0.3, 0.4) is 0 Å². The molecule has 0 aliphatic carbocycles. The van der Waals surface area contributed by atoms with Crippen molar-refractivity contribution >= 4 is 17.6 Å². The molecule has 0 radical (unpaired) electrons. The molecule has 10 nitrogen and oxygen atoms in total. The molecule has 0 saturated carbocycles. The van der Waals surface area contributed by atoms with Gasteiger partial charge in [0.15, 0.2) is 11.5 Å². The first kappa shape index (κ1) is 24.4. The van der Waals surface area contributed by atoms with Gasteiger partial charge in [-0.05, 0) is 18.2 Å². The van der Waals surface area contributed by atoms with Gasteiger partial charge in [0.1, 0.15) is 17.1 Å². The summed E-state index contributed by atoms with van der Waals surface area (Å²) in [5.41, 5.74) is -0.957. The summed E-state index contributed by atoms with van der Waals surface area (Å²) >= 11 is 0. The van der Waals surface area contributed by atoms with Crippen molar-refractivity contribution in [3.63, 3.8) is 0 Å². The lowest BCUT2D eigenvalue weighted by Gasteiger charge is -2.13. The van der Waals surface area contributed by atoms with Crippen molar-refractivity contribution in [3.05, 3.63) is 66.0 Å². The molecule has 186 valence electrons. The molecule has 0 bridgehead atoms. The molecule has 0 aliphatic rings. The average molecular weight is 504 g/mol. The summed E-state index contributed by atoms with van der Waals surface area (Å²) in [6.45, 7) is 0. The molecule has 0 aliphatic heterocycles. The van der Waals surface area contributed by atoms with Crippen LogP contribution in [0.5, 0.6) is 11.6 Å². The third kappa shape index (κ3) is 5.01. The number of benzene rings is 1. The summed E-state index contributed by atoms with van der Waals surface area (Å²) in [5.74, 6) is -2.13. The van der Waals surface area contributed by atoms with E-state index >= 15 is 0 Å². The first-order valence-electron chi connectivity index (χ1n) is 9.98. The highest BCUT2D eigenvalue weighted by Crippen LogP contribution is 2.32. The molecule has 0 spiro atoms. The first-order valence-corrected chi connectivity index (χ1v) is 9.98. The van der Waals surface area contributed by atoms with E-state index in [4.69, 9.17) is 9.47 Å². The molecule has 14 heteroatoms. The fourth-order valence-electron chi connectivity index (χ4n) is 3.20. The lowest BCUT2D eigenvalue weighted by atomic mass is 10.1. The van der Waals surface area contributed by atoms with Crippen LogP contribution in [0, 0.1) is 5.82 Å². The minimum Gasteiger partial charge on any atom is -0.497 e. The van der Waals surface area contributed by atoms with E-state index in [1.54, 1.807) is 0 Å². The van der Waals surface area contributed by atoms with Gasteiger partial charge in [-0.1, -0.05) is 0 Å². The average Bonchev–Trinajstić information content (AvgIpc) is 3.34. The van der Waals surface area contributed by atoms with Crippen molar-refractivity contribution in [1.29, 1.82) is 0 Å². The maximum atomic E-state index is 13.9. The predicted molar refractivity (Wildman–Crippen MR) is 117 cm³/mol. The van der Waals surface area contributed by atoms with Gasteiger partial charge in [0, 0.05) is 47.5 Å². The quantitative estimate of drug-likeness (QED) is 0.354. The number of carboxylic acid groups (broad SMARTS) is 1. The molecule has 0 saturated heterocycles. The van der Waals surface area contributed by atoms with Crippen molar-refractivity contribution < 1.29 is 36.9 Å². The number of nitrogens with one attached hydrogen (secondary N) is 1. The summed E-state index contributed by atoms with van der Waals surface area (Å²) in [6, 6.07) is 5.73. The molecule has 0 atom stereocenters. The molecule has 3 heterocycles. The molecule has 0 amide bonds. The second-order valence-electron chi connectivity index (χ2n) is 7.16. The SMILES string of the molecule is COc1cc(F)cc(Nc2ncc(-c3cnc(OC)c(C(=O)O)c3)c(-n3ccc(C(F)(F)F)n3)n2)c1. The van der Waals surface area contributed by atoms with E-state index in [1.165, 1.54) is 38.7 Å². The highest BCUT2D eigenvalue weighted by Gasteiger charge is 2.34. The molecule has 3 aromatic heterocycles. The van der Waals surface area contributed by atoms with E-state index in [0.29, 0.717) is 0 Å². The van der Waals surface area contributed by atoms with Crippen LogP contribution in [0.15, 0.2) is 48.9 Å². The van der Waals surface area contributed by atoms with Gasteiger partial charge < -0.3 is 19.9 Å². The zero-order valence-corrected chi connectivity index (χ0v) is 18.5. The van der Waals surface area contributed by atoms with E-state index < -0.39 is 23.7 Å². The van der Waals surface area contributed by atoms with E-state index in [-0.39, 0.29) is 45.8 Å². The van der Waals surface area contributed by atoms with Gasteiger partial charge in [-0.15, -0.1) is 0 Å². The predicted octanol–water partition coefficient (Wildman–Crippen LogP) is 4.34. The number of anilines is 2. The Hall–Kier alpha value is -4.75. The largest absolute Gasteiger partial charge is 0.497 e. The number of methoxy groups -OCH3 is 2. The molecular weight excluding hydrogens is 488 g/mol. The molecule has 4 rings (SSSR count). The lowest BCUT2D eigenvalue weighted by molar-refractivity contribution is -0.141. The Labute approximate surface area is 200 Å². The van der Waals surface area contributed by atoms with Crippen LogP contribution < -0.4 is 14.8 Å². The minimum atomic E-state index is -4.71. The standard InChI is InChI=1S/C22H16F4N6O4/c1-35-14-7-12(23)6-13(8-14)29-21-28-10-16(11-5-15(20(33)34)19(36-2)27-9-11)18(30-21)32-4-3-17(31-32)22(24,25)26/h3-10H,1-2H3,(H,33,34)(H,28,29,30). The number of pyridine rings is 1. The van der Waals surface area contributed by atoms with Gasteiger partial charge in [-0.3, -0.25) is 0 Å². The zero-order valence-electron chi connectivity index (χ0n) is 18.5. The van der Waals surface area contributed by atoms with E-state index in [9.17, 15) is 27.5 Å². The Kier molecular flexibility index (Phi) is 6.42. The summed E-state index contributed by atoms with van der Waals surface area (Å²) in [4.78, 5) is 24.0. The van der Waals surface area contributed by atoms with Crippen LogP contribution in [0.25, 0.3) is 16.9 Å². The molecule has 2 N–H and O–H groups in total. The number of aromatic nitrogens is 5. The normalized spacial score (nSPS) is 11.3. The number of aromatic carboxylic acids is 1. The van der Waals surface area contributed by atoms with Crippen molar-refractivity contribution in [1.82, 2.24) is 24.7 Å². The zero-order chi connectivity index (χ0) is 26.0. The Morgan fingerprint density at radius 1 is 1.08 bits per heavy atom. The fourth-order valence-corrected chi connectivity index (χ4v) is 3.20. The van der Waals surface area contributed by atoms with Crippen LogP contribution in [0.4, 0.5) is 29.2 Å². The number of halogens is 4. The summed E-state index contributed by atoms with van der Waals surface area (Å²) in [5, 5.41) is 15.8. The highest BCUT2D eigenvalue weighted by atomic mass is 19.4. The van der Waals surface area contributed by atoms with Gasteiger partial charge in [0.05, 0.1) is 14.2 Å². The van der Waals surface area contributed by atoms with Crippen molar-refractivity contribution in [2.75, 3.05) is 19.5 Å². The number of carbonyl (C=O) groups is 1. The Morgan fingerprint density at radius 3 is 2.50 bits per heavy atom. The maximum Gasteiger partial charge on any atom is 0.435 e. The molecule has 1 aromatic carbocycles. The van der Waals surface area contributed by atoms with Crippen LogP contribution >= 0.6 is 0 Å². The fraction of sp³-hybridized carbons (Fsp3) is 0.136. The maximum absolute atomic E-state index is 13.9.